The highest BCUT2D eigenvalue weighted by molar-refractivity contribution is 5.63. The molecule has 0 aliphatic carbocycles. The van der Waals surface area contributed by atoms with Gasteiger partial charge in [0.25, 0.3) is 0 Å². The maximum atomic E-state index is 10.3. The maximum absolute atomic E-state index is 10.3. The van der Waals surface area contributed by atoms with Gasteiger partial charge in [0.15, 0.2) is 0 Å². The van der Waals surface area contributed by atoms with Crippen molar-refractivity contribution in [2.45, 2.75) is 143 Å². The zero-order chi connectivity index (χ0) is 19.5. The van der Waals surface area contributed by atoms with Crippen LogP contribution in [-0.4, -0.2) is 5.97 Å². The van der Waals surface area contributed by atoms with Gasteiger partial charge in [0, 0.05) is 5.97 Å². The number of hydrogen-bond donors (Lipinski definition) is 1. The summed E-state index contributed by atoms with van der Waals surface area (Å²) in [7, 11) is 0. The molecule has 0 rings (SSSR count). The van der Waals surface area contributed by atoms with Crippen LogP contribution in [0.5, 0.6) is 0 Å². The van der Waals surface area contributed by atoms with Crippen LogP contribution < -0.4 is 11.3 Å². The second-order valence-corrected chi connectivity index (χ2v) is 8.38. The number of carboxylic acids is 1. The van der Waals surface area contributed by atoms with Crippen LogP contribution in [0.4, 0.5) is 0 Å². The molecular weight excluding hydrogens is 334 g/mol. The molecule has 0 aliphatic rings. The molecule has 0 saturated heterocycles. The molecule has 0 aliphatic heterocycles. The molecule has 0 aromatic carbocycles. The van der Waals surface area contributed by atoms with Crippen molar-refractivity contribution >= 4 is 5.97 Å². The molecular formula is C24H51NO2. The molecule has 0 radical (unpaired) electrons. The van der Waals surface area contributed by atoms with E-state index in [1.807, 2.05) is 0 Å². The van der Waals surface area contributed by atoms with Crippen LogP contribution in [0, 0.1) is 5.41 Å². The minimum absolute atomic E-state index is 0. The Bertz CT molecular complexity index is 305. The molecule has 0 spiro atoms. The summed E-state index contributed by atoms with van der Waals surface area (Å²) in [5, 5.41) is 10.3. The average Bonchev–Trinajstić information content (AvgIpc) is 2.65. The lowest BCUT2D eigenvalue weighted by Crippen LogP contribution is -2.21. The van der Waals surface area contributed by atoms with Crippen LogP contribution in [-0.2, 0) is 4.79 Å². The Balaban J connectivity index is 0. The van der Waals surface area contributed by atoms with E-state index in [9.17, 15) is 9.90 Å². The maximum Gasteiger partial charge on any atom is 0.0414 e. The minimum Gasteiger partial charge on any atom is -0.550 e. The quantitative estimate of drug-likeness (QED) is 0.219. The van der Waals surface area contributed by atoms with Crippen LogP contribution in [0.15, 0.2) is 0 Å². The van der Waals surface area contributed by atoms with Gasteiger partial charge in [0.05, 0.1) is 0 Å². The first-order valence-corrected chi connectivity index (χ1v) is 11.8. The fourth-order valence-electron chi connectivity index (χ4n) is 4.17. The Morgan fingerprint density at radius 3 is 1.19 bits per heavy atom. The average molecular weight is 386 g/mol. The third-order valence-corrected chi connectivity index (χ3v) is 6.59. The van der Waals surface area contributed by atoms with Crippen molar-refractivity contribution in [2.24, 2.45) is 5.41 Å². The summed E-state index contributed by atoms with van der Waals surface area (Å²) in [6.45, 7) is 7.10. The monoisotopic (exact) mass is 385 g/mol. The summed E-state index contributed by atoms with van der Waals surface area (Å²) in [5.74, 6) is -0.902. The largest absolute Gasteiger partial charge is 0.550 e. The van der Waals surface area contributed by atoms with Crippen molar-refractivity contribution < 1.29 is 9.90 Å². The number of rotatable bonds is 20. The fraction of sp³-hybridized carbons (Fsp3) is 0.958. The molecule has 0 bridgehead atoms. The van der Waals surface area contributed by atoms with Crippen molar-refractivity contribution in [2.75, 3.05) is 0 Å². The van der Waals surface area contributed by atoms with Gasteiger partial charge in [-0.2, -0.15) is 0 Å². The van der Waals surface area contributed by atoms with Gasteiger partial charge in [-0.15, -0.1) is 0 Å². The first-order chi connectivity index (χ1) is 12.6. The highest BCUT2D eigenvalue weighted by Gasteiger charge is 2.22. The number of carbonyl (C=O) groups is 1. The van der Waals surface area contributed by atoms with Crippen molar-refractivity contribution in [3.63, 3.8) is 0 Å². The predicted octanol–water partition coefficient (Wildman–Crippen LogP) is 7.57. The van der Waals surface area contributed by atoms with Crippen LogP contribution in [0.3, 0.4) is 0 Å². The minimum atomic E-state index is -0.902. The van der Waals surface area contributed by atoms with E-state index in [-0.39, 0.29) is 12.6 Å². The third-order valence-electron chi connectivity index (χ3n) is 6.59. The smallest absolute Gasteiger partial charge is 0.0414 e. The Labute approximate surface area is 170 Å². The summed E-state index contributed by atoms with van der Waals surface area (Å²) >= 11 is 0. The first-order valence-electron chi connectivity index (χ1n) is 11.8. The first kappa shape index (κ1) is 28.6. The number of aliphatic carboxylic acids is 1. The van der Waals surface area contributed by atoms with E-state index in [0.717, 1.165) is 12.8 Å². The molecule has 0 amide bonds. The van der Waals surface area contributed by atoms with E-state index >= 15 is 0 Å². The molecule has 3 nitrogen and oxygen atoms in total. The third kappa shape index (κ3) is 17.3. The highest BCUT2D eigenvalue weighted by Crippen LogP contribution is 2.36. The lowest BCUT2D eigenvalue weighted by Gasteiger charge is -2.30. The van der Waals surface area contributed by atoms with E-state index in [4.69, 9.17) is 0 Å². The Morgan fingerprint density at radius 1 is 0.593 bits per heavy atom. The number of quaternary nitrogens is 1. The Morgan fingerprint density at radius 2 is 0.889 bits per heavy atom. The van der Waals surface area contributed by atoms with Gasteiger partial charge >= 0.3 is 0 Å². The molecule has 27 heavy (non-hydrogen) atoms. The van der Waals surface area contributed by atoms with Gasteiger partial charge in [-0.05, 0) is 24.7 Å². The molecule has 3 heteroatoms. The van der Waals surface area contributed by atoms with Crippen LogP contribution in [0.25, 0.3) is 0 Å². The van der Waals surface area contributed by atoms with Gasteiger partial charge in [0.2, 0.25) is 0 Å². The van der Waals surface area contributed by atoms with Gasteiger partial charge in [-0.25, -0.2) is 0 Å². The van der Waals surface area contributed by atoms with Crippen molar-refractivity contribution in [1.82, 2.24) is 6.15 Å². The van der Waals surface area contributed by atoms with E-state index in [1.165, 1.54) is 103 Å². The van der Waals surface area contributed by atoms with E-state index in [2.05, 4.69) is 20.8 Å². The van der Waals surface area contributed by atoms with Gasteiger partial charge in [-0.3, -0.25) is 0 Å². The fourth-order valence-corrected chi connectivity index (χ4v) is 4.17. The Kier molecular flexibility index (Phi) is 21.4. The van der Waals surface area contributed by atoms with Crippen molar-refractivity contribution in [1.29, 1.82) is 0 Å². The molecule has 0 heterocycles. The van der Waals surface area contributed by atoms with Gasteiger partial charge < -0.3 is 16.1 Å². The van der Waals surface area contributed by atoms with Crippen LogP contribution in [0.1, 0.15) is 143 Å². The highest BCUT2D eigenvalue weighted by atomic mass is 16.4. The normalized spacial score (nSPS) is 11.4. The van der Waals surface area contributed by atoms with Gasteiger partial charge in [-0.1, -0.05) is 124 Å². The molecule has 0 aromatic heterocycles. The van der Waals surface area contributed by atoms with Crippen LogP contribution in [0.2, 0.25) is 0 Å². The Hall–Kier alpha value is -0.570. The van der Waals surface area contributed by atoms with Crippen LogP contribution >= 0.6 is 0 Å². The zero-order valence-electron chi connectivity index (χ0n) is 19.3. The molecule has 0 atom stereocenters. The number of carboxylic acid groups (broad SMARTS) is 1. The number of hydrogen-bond acceptors (Lipinski definition) is 2. The summed E-state index contributed by atoms with van der Waals surface area (Å²) in [5.41, 5.74) is 0.632. The van der Waals surface area contributed by atoms with E-state index in [1.54, 1.807) is 0 Å². The standard InChI is InChI=1S/C24H48O2.H3N/c1-4-24(5-2,6-3)22-20-18-16-14-12-10-8-7-9-11-13-15-17-19-21-23(25)26;/h4-22H2,1-3H3,(H,25,26);1H3. The summed E-state index contributed by atoms with van der Waals surface area (Å²) < 4.78 is 0. The lowest BCUT2D eigenvalue weighted by molar-refractivity contribution is -0.305. The number of unbranched alkanes of at least 4 members (excludes halogenated alkanes) is 13. The number of carbonyl (C=O) groups excluding carboxylic acids is 1. The second kappa shape index (κ2) is 20.2. The molecule has 0 unspecified atom stereocenters. The molecule has 164 valence electrons. The molecule has 4 N–H and O–H groups in total. The van der Waals surface area contributed by atoms with Crippen molar-refractivity contribution in [3.05, 3.63) is 0 Å². The summed E-state index contributed by atoms with van der Waals surface area (Å²) in [6, 6.07) is 0. The SMILES string of the molecule is CCC(CC)(CC)CCCCCCCCCCCCCCCCC(=O)[O-].[NH4+]. The second-order valence-electron chi connectivity index (χ2n) is 8.38. The van der Waals surface area contributed by atoms with E-state index < -0.39 is 5.97 Å². The molecule has 0 aromatic rings. The predicted molar refractivity (Wildman–Crippen MR) is 118 cm³/mol. The summed E-state index contributed by atoms with van der Waals surface area (Å²) in [6.07, 6.45) is 24.0. The van der Waals surface area contributed by atoms with Gasteiger partial charge in [0.1, 0.15) is 0 Å². The molecule has 0 saturated carbocycles. The van der Waals surface area contributed by atoms with E-state index in [0.29, 0.717) is 5.41 Å². The lowest BCUT2D eigenvalue weighted by atomic mass is 9.75. The topological polar surface area (TPSA) is 76.6 Å². The van der Waals surface area contributed by atoms with Crippen molar-refractivity contribution in [3.8, 4) is 0 Å². The summed E-state index contributed by atoms with van der Waals surface area (Å²) in [4.78, 5) is 10.3. The zero-order valence-corrected chi connectivity index (χ0v) is 19.3. The molecule has 0 fully saturated rings.